The molecule has 0 fully saturated rings. The van der Waals surface area contributed by atoms with Crippen molar-refractivity contribution >= 4 is 24.3 Å². The minimum absolute atomic E-state index is 0.690. The van der Waals surface area contributed by atoms with Crippen molar-refractivity contribution < 1.29 is 0 Å². The molecule has 4 nitrogen and oxygen atoms in total. The standard InChI is InChI=1S/C12H9BN4/c1-17-7-8(5-15-17)12-6-14-10-3-2-9(13)4-11(10)16-12/h2-7H,1H3. The maximum atomic E-state index is 5.73. The smallest absolute Gasteiger partial charge is 0.113 e. The molecule has 2 heterocycles. The van der Waals surface area contributed by atoms with Gasteiger partial charge in [0.05, 0.1) is 29.1 Å². The van der Waals surface area contributed by atoms with Crippen molar-refractivity contribution in [1.82, 2.24) is 19.7 Å². The molecule has 1 aromatic carbocycles. The maximum Gasteiger partial charge on any atom is 0.113 e. The van der Waals surface area contributed by atoms with Crippen molar-refractivity contribution in [2.45, 2.75) is 0 Å². The first-order chi connectivity index (χ1) is 8.22. The number of aromatic nitrogens is 4. The number of hydrogen-bond acceptors (Lipinski definition) is 3. The molecule has 0 bridgehead atoms. The predicted octanol–water partition coefficient (Wildman–Crippen LogP) is 0.824. The van der Waals surface area contributed by atoms with Gasteiger partial charge in [0.25, 0.3) is 0 Å². The Morgan fingerprint density at radius 1 is 1.18 bits per heavy atom. The fourth-order valence-corrected chi connectivity index (χ4v) is 1.72. The third kappa shape index (κ3) is 1.80. The van der Waals surface area contributed by atoms with Gasteiger partial charge in [-0.2, -0.15) is 5.10 Å². The normalized spacial score (nSPS) is 10.9. The first kappa shape index (κ1) is 10.0. The second-order valence-electron chi connectivity index (χ2n) is 3.91. The van der Waals surface area contributed by atoms with Crippen LogP contribution in [0, 0.1) is 0 Å². The highest BCUT2D eigenvalue weighted by Crippen LogP contribution is 2.17. The molecule has 0 atom stereocenters. The molecule has 0 aliphatic heterocycles. The molecule has 0 spiro atoms. The summed E-state index contributed by atoms with van der Waals surface area (Å²) in [5, 5.41) is 4.11. The van der Waals surface area contributed by atoms with Crippen LogP contribution in [0.4, 0.5) is 0 Å². The van der Waals surface area contributed by atoms with Crippen LogP contribution >= 0.6 is 0 Å². The van der Waals surface area contributed by atoms with Gasteiger partial charge in [0.15, 0.2) is 0 Å². The summed E-state index contributed by atoms with van der Waals surface area (Å²) in [6.07, 6.45) is 5.42. The average molecular weight is 220 g/mol. The summed E-state index contributed by atoms with van der Waals surface area (Å²) >= 11 is 0. The Bertz CT molecular complexity index is 690. The van der Waals surface area contributed by atoms with E-state index in [2.05, 4.69) is 15.1 Å². The Kier molecular flexibility index (Phi) is 2.18. The Labute approximate surface area is 99.7 Å². The number of benzene rings is 1. The second-order valence-corrected chi connectivity index (χ2v) is 3.91. The van der Waals surface area contributed by atoms with Crippen LogP contribution in [-0.2, 0) is 7.05 Å². The fourth-order valence-electron chi connectivity index (χ4n) is 1.72. The lowest BCUT2D eigenvalue weighted by molar-refractivity contribution is 0.768. The Balaban J connectivity index is 2.18. The third-order valence-electron chi connectivity index (χ3n) is 2.57. The van der Waals surface area contributed by atoms with E-state index in [1.807, 2.05) is 31.4 Å². The van der Waals surface area contributed by atoms with Gasteiger partial charge < -0.3 is 0 Å². The van der Waals surface area contributed by atoms with Gasteiger partial charge in [0, 0.05) is 18.8 Å². The second kappa shape index (κ2) is 3.70. The Morgan fingerprint density at radius 3 is 2.82 bits per heavy atom. The van der Waals surface area contributed by atoms with Crippen molar-refractivity contribution in [2.24, 2.45) is 7.05 Å². The molecule has 5 heteroatoms. The first-order valence-electron chi connectivity index (χ1n) is 5.24. The molecule has 3 rings (SSSR count). The van der Waals surface area contributed by atoms with Crippen molar-refractivity contribution in [3.8, 4) is 11.3 Å². The predicted molar refractivity (Wildman–Crippen MR) is 67.1 cm³/mol. The lowest BCUT2D eigenvalue weighted by atomic mass is 9.96. The van der Waals surface area contributed by atoms with Gasteiger partial charge in [-0.1, -0.05) is 11.5 Å². The van der Waals surface area contributed by atoms with E-state index in [4.69, 9.17) is 7.85 Å². The van der Waals surface area contributed by atoms with Gasteiger partial charge in [-0.05, 0) is 12.1 Å². The molecular weight excluding hydrogens is 211 g/mol. The van der Waals surface area contributed by atoms with Crippen molar-refractivity contribution in [3.05, 3.63) is 36.8 Å². The molecule has 0 unspecified atom stereocenters. The van der Waals surface area contributed by atoms with Gasteiger partial charge in [0.1, 0.15) is 7.85 Å². The van der Waals surface area contributed by atoms with E-state index >= 15 is 0 Å². The van der Waals surface area contributed by atoms with Gasteiger partial charge in [-0.15, -0.1) is 0 Å². The largest absolute Gasteiger partial charge is 0.275 e. The monoisotopic (exact) mass is 220 g/mol. The molecule has 2 radical (unpaired) electrons. The minimum atomic E-state index is 0.690. The molecule has 80 valence electrons. The van der Waals surface area contributed by atoms with Crippen molar-refractivity contribution in [3.63, 3.8) is 0 Å². The van der Waals surface area contributed by atoms with Gasteiger partial charge in [-0.3, -0.25) is 9.67 Å². The van der Waals surface area contributed by atoms with Crippen LogP contribution in [0.3, 0.4) is 0 Å². The van der Waals surface area contributed by atoms with Gasteiger partial charge >= 0.3 is 0 Å². The van der Waals surface area contributed by atoms with Crippen LogP contribution < -0.4 is 5.46 Å². The summed E-state index contributed by atoms with van der Waals surface area (Å²) in [7, 11) is 7.60. The molecule has 0 saturated carbocycles. The summed E-state index contributed by atoms with van der Waals surface area (Å²) in [4.78, 5) is 8.88. The molecule has 0 aliphatic rings. The van der Waals surface area contributed by atoms with Crippen molar-refractivity contribution in [2.75, 3.05) is 0 Å². The Hall–Kier alpha value is -2.17. The average Bonchev–Trinajstić information content (AvgIpc) is 2.75. The Morgan fingerprint density at radius 2 is 2.06 bits per heavy atom. The summed E-state index contributed by atoms with van der Waals surface area (Å²) in [5.74, 6) is 0. The van der Waals surface area contributed by atoms with Crippen LogP contribution in [-0.4, -0.2) is 27.6 Å². The highest BCUT2D eigenvalue weighted by atomic mass is 15.2. The summed E-state index contributed by atoms with van der Waals surface area (Å²) in [5.41, 5.74) is 4.08. The topological polar surface area (TPSA) is 43.6 Å². The number of rotatable bonds is 1. The van der Waals surface area contributed by atoms with Crippen molar-refractivity contribution in [1.29, 1.82) is 0 Å². The van der Waals surface area contributed by atoms with E-state index in [-0.39, 0.29) is 0 Å². The maximum absolute atomic E-state index is 5.73. The molecule has 0 amide bonds. The highest BCUT2D eigenvalue weighted by Gasteiger charge is 2.04. The van der Waals surface area contributed by atoms with E-state index in [9.17, 15) is 0 Å². The van der Waals surface area contributed by atoms with E-state index in [1.54, 1.807) is 17.1 Å². The molecule has 17 heavy (non-hydrogen) atoms. The van der Waals surface area contributed by atoms with Crippen LogP contribution in [0.25, 0.3) is 22.3 Å². The van der Waals surface area contributed by atoms with Crippen LogP contribution in [0.2, 0.25) is 0 Å². The first-order valence-corrected chi connectivity index (χ1v) is 5.24. The van der Waals surface area contributed by atoms with Gasteiger partial charge in [-0.25, -0.2) is 4.98 Å². The summed E-state index contributed by atoms with van der Waals surface area (Å²) in [6, 6.07) is 5.51. The SMILES string of the molecule is [B]c1ccc2ncc(-c3cnn(C)c3)nc2c1. The number of hydrogen-bond donors (Lipinski definition) is 0. The van der Waals surface area contributed by atoms with E-state index in [1.165, 1.54) is 0 Å². The summed E-state index contributed by atoms with van der Waals surface area (Å²) < 4.78 is 1.74. The molecule has 2 aromatic heterocycles. The number of fused-ring (bicyclic) bond motifs is 1. The quantitative estimate of drug-likeness (QED) is 0.570. The molecule has 0 N–H and O–H groups in total. The highest BCUT2D eigenvalue weighted by molar-refractivity contribution is 6.33. The molecule has 0 saturated heterocycles. The molecule has 0 aliphatic carbocycles. The minimum Gasteiger partial charge on any atom is -0.275 e. The number of aryl methyl sites for hydroxylation is 1. The lowest BCUT2D eigenvalue weighted by Crippen LogP contribution is -2.01. The zero-order valence-electron chi connectivity index (χ0n) is 9.33. The van der Waals surface area contributed by atoms with E-state index in [0.29, 0.717) is 5.46 Å². The molecular formula is C12H9BN4. The zero-order valence-corrected chi connectivity index (χ0v) is 9.33. The van der Waals surface area contributed by atoms with Gasteiger partial charge in [0.2, 0.25) is 0 Å². The number of nitrogens with zero attached hydrogens (tertiary/aromatic N) is 4. The third-order valence-corrected chi connectivity index (χ3v) is 2.57. The van der Waals surface area contributed by atoms with Crippen LogP contribution in [0.5, 0.6) is 0 Å². The lowest BCUT2D eigenvalue weighted by Gasteiger charge is -2.01. The van der Waals surface area contributed by atoms with Crippen LogP contribution in [0.1, 0.15) is 0 Å². The zero-order chi connectivity index (χ0) is 11.8. The van der Waals surface area contributed by atoms with E-state index in [0.717, 1.165) is 22.3 Å². The molecule has 3 aromatic rings. The fraction of sp³-hybridized carbons (Fsp3) is 0.0833. The van der Waals surface area contributed by atoms with Crippen LogP contribution in [0.15, 0.2) is 36.8 Å². The van der Waals surface area contributed by atoms with E-state index < -0.39 is 0 Å². The summed E-state index contributed by atoms with van der Waals surface area (Å²) in [6.45, 7) is 0.